The van der Waals surface area contributed by atoms with E-state index in [1.54, 1.807) is 0 Å². The number of carbonyl (C=O) groups is 1. The van der Waals surface area contributed by atoms with Crippen LogP contribution in [0.3, 0.4) is 0 Å². The normalized spacial score (nSPS) is 28.8. The summed E-state index contributed by atoms with van der Waals surface area (Å²) in [6.45, 7) is 0. The van der Waals surface area contributed by atoms with Gasteiger partial charge in [-0.3, -0.25) is 4.79 Å². The highest BCUT2D eigenvalue weighted by Gasteiger charge is 2.49. The van der Waals surface area contributed by atoms with Crippen molar-refractivity contribution < 1.29 is 13.2 Å². The van der Waals surface area contributed by atoms with Crippen LogP contribution in [0.1, 0.15) is 0 Å². The highest BCUT2D eigenvalue weighted by atomic mass is 35.5. The number of fused-ring (bicyclic) bond motifs is 1. The molecule has 0 bridgehead atoms. The smallest absolute Gasteiger partial charge is 0.262 e. The van der Waals surface area contributed by atoms with Crippen molar-refractivity contribution in [3.63, 3.8) is 0 Å². The molecular formula is C13H13ClN2O3S2. The van der Waals surface area contributed by atoms with Gasteiger partial charge in [0.15, 0.2) is 15.0 Å². The number of carbonyl (C=O) groups excluding carboxylic acids is 1. The Labute approximate surface area is 132 Å². The molecule has 8 heteroatoms. The van der Waals surface area contributed by atoms with E-state index >= 15 is 0 Å². The summed E-state index contributed by atoms with van der Waals surface area (Å²) >= 11 is 6.86. The van der Waals surface area contributed by atoms with Gasteiger partial charge in [-0.15, -0.1) is 11.6 Å². The van der Waals surface area contributed by atoms with Crippen molar-refractivity contribution in [3.8, 4) is 0 Å². The molecule has 2 fully saturated rings. The third-order valence-corrected chi connectivity index (χ3v) is 6.87. The number of amides is 1. The Hall–Kier alpha value is -1.05. The van der Waals surface area contributed by atoms with Crippen LogP contribution in [0.15, 0.2) is 35.3 Å². The third kappa shape index (κ3) is 2.95. The predicted molar refractivity (Wildman–Crippen MR) is 85.9 cm³/mol. The molecule has 1 aromatic carbocycles. The fourth-order valence-electron chi connectivity index (χ4n) is 2.59. The SMILES string of the molecule is O=C(CCl)N=C1S[C@H]2CS(=O)(=O)C[C@H]2N1c1ccccc1. The first-order valence-electron chi connectivity index (χ1n) is 6.39. The molecule has 0 unspecified atom stereocenters. The molecule has 2 aliphatic heterocycles. The van der Waals surface area contributed by atoms with Gasteiger partial charge >= 0.3 is 0 Å². The minimum atomic E-state index is -3.03. The van der Waals surface area contributed by atoms with Crippen LogP contribution in [-0.2, 0) is 14.6 Å². The quantitative estimate of drug-likeness (QED) is 0.761. The molecule has 2 atom stereocenters. The van der Waals surface area contributed by atoms with Crippen molar-refractivity contribution in [2.75, 3.05) is 22.3 Å². The number of benzene rings is 1. The number of aliphatic imine (C=N–C) groups is 1. The number of nitrogens with zero attached hydrogens (tertiary/aromatic N) is 2. The van der Waals surface area contributed by atoms with Gasteiger partial charge in [0.1, 0.15) is 5.88 Å². The molecule has 0 saturated carbocycles. The van der Waals surface area contributed by atoms with Crippen molar-refractivity contribution in [1.82, 2.24) is 0 Å². The van der Waals surface area contributed by atoms with Crippen LogP contribution >= 0.6 is 23.4 Å². The van der Waals surface area contributed by atoms with E-state index < -0.39 is 15.7 Å². The Balaban J connectivity index is 2.00. The van der Waals surface area contributed by atoms with Gasteiger partial charge in [0.05, 0.1) is 17.5 Å². The standard InChI is InChI=1S/C13H13ClN2O3S2/c14-6-12(17)15-13-16(9-4-2-1-3-5-9)10-7-21(18,19)8-11(10)20-13/h1-5,10-11H,6-8H2/t10-,11+/m1/s1. The Morgan fingerprint density at radius 1 is 1.33 bits per heavy atom. The number of hydrogen-bond acceptors (Lipinski definition) is 4. The topological polar surface area (TPSA) is 66.8 Å². The van der Waals surface area contributed by atoms with Gasteiger partial charge < -0.3 is 4.90 Å². The molecule has 2 saturated heterocycles. The summed E-state index contributed by atoms with van der Waals surface area (Å²) in [5.74, 6) is -0.379. The van der Waals surface area contributed by atoms with E-state index in [0.29, 0.717) is 5.17 Å². The maximum Gasteiger partial charge on any atom is 0.262 e. The fraction of sp³-hybridized carbons (Fsp3) is 0.385. The summed E-state index contributed by atoms with van der Waals surface area (Å²) in [5.41, 5.74) is 0.843. The number of alkyl halides is 1. The van der Waals surface area contributed by atoms with Crippen LogP contribution in [0.2, 0.25) is 0 Å². The first-order chi connectivity index (χ1) is 10.00. The van der Waals surface area contributed by atoms with E-state index in [4.69, 9.17) is 11.6 Å². The molecule has 1 amide bonds. The first kappa shape index (κ1) is 14.9. The maximum absolute atomic E-state index is 11.8. The molecule has 2 aliphatic rings. The Morgan fingerprint density at radius 2 is 2.05 bits per heavy atom. The molecule has 0 N–H and O–H groups in total. The van der Waals surface area contributed by atoms with Crippen LogP contribution in [0.4, 0.5) is 5.69 Å². The number of para-hydroxylation sites is 1. The second-order valence-electron chi connectivity index (χ2n) is 4.93. The summed E-state index contributed by atoms with van der Waals surface area (Å²) in [6.07, 6.45) is 0. The van der Waals surface area contributed by atoms with Gasteiger partial charge in [0.2, 0.25) is 0 Å². The molecule has 0 spiro atoms. The number of sulfone groups is 1. The highest BCUT2D eigenvalue weighted by molar-refractivity contribution is 8.16. The Bertz CT molecular complexity index is 691. The summed E-state index contributed by atoms with van der Waals surface area (Å²) in [7, 11) is -3.03. The number of thioether (sulfide) groups is 1. The molecule has 112 valence electrons. The summed E-state index contributed by atoms with van der Waals surface area (Å²) in [6, 6.07) is 9.22. The van der Waals surface area contributed by atoms with Crippen molar-refractivity contribution in [2.45, 2.75) is 11.3 Å². The van der Waals surface area contributed by atoms with E-state index in [1.807, 2.05) is 35.2 Å². The minimum absolute atomic E-state index is 0.0860. The lowest BCUT2D eigenvalue weighted by Gasteiger charge is -2.24. The molecule has 0 aromatic heterocycles. The highest BCUT2D eigenvalue weighted by Crippen LogP contribution is 2.40. The van der Waals surface area contributed by atoms with Gasteiger partial charge in [-0.25, -0.2) is 8.42 Å². The van der Waals surface area contributed by atoms with Crippen LogP contribution < -0.4 is 4.90 Å². The van der Waals surface area contributed by atoms with E-state index in [1.165, 1.54) is 11.8 Å². The average molecular weight is 345 g/mol. The number of halogens is 1. The van der Waals surface area contributed by atoms with Crippen molar-refractivity contribution in [3.05, 3.63) is 30.3 Å². The van der Waals surface area contributed by atoms with E-state index in [-0.39, 0.29) is 28.7 Å². The molecule has 1 aromatic rings. The second kappa shape index (κ2) is 5.62. The zero-order valence-electron chi connectivity index (χ0n) is 11.0. The van der Waals surface area contributed by atoms with Gasteiger partial charge in [-0.1, -0.05) is 30.0 Å². The molecule has 21 heavy (non-hydrogen) atoms. The van der Waals surface area contributed by atoms with Gasteiger partial charge in [0.25, 0.3) is 5.91 Å². The maximum atomic E-state index is 11.8. The fourth-order valence-corrected chi connectivity index (χ4v) is 6.58. The molecule has 2 heterocycles. The Kier molecular flexibility index (Phi) is 3.98. The van der Waals surface area contributed by atoms with Gasteiger partial charge in [-0.2, -0.15) is 4.99 Å². The zero-order valence-corrected chi connectivity index (χ0v) is 13.4. The summed E-state index contributed by atoms with van der Waals surface area (Å²) in [5, 5.41) is 0.453. The lowest BCUT2D eigenvalue weighted by molar-refractivity contribution is -0.115. The van der Waals surface area contributed by atoms with Crippen molar-refractivity contribution >= 4 is 50.0 Å². The van der Waals surface area contributed by atoms with E-state index in [2.05, 4.69) is 4.99 Å². The van der Waals surface area contributed by atoms with Crippen LogP contribution in [0.5, 0.6) is 0 Å². The average Bonchev–Trinajstić information content (AvgIpc) is 2.90. The minimum Gasteiger partial charge on any atom is -0.316 e. The molecule has 5 nitrogen and oxygen atoms in total. The number of rotatable bonds is 2. The number of amidine groups is 1. The summed E-state index contributed by atoms with van der Waals surface area (Å²) < 4.78 is 23.7. The van der Waals surface area contributed by atoms with E-state index in [9.17, 15) is 13.2 Å². The monoisotopic (exact) mass is 344 g/mol. The Morgan fingerprint density at radius 3 is 2.71 bits per heavy atom. The molecule has 0 aliphatic carbocycles. The first-order valence-corrected chi connectivity index (χ1v) is 9.62. The third-order valence-electron chi connectivity index (χ3n) is 3.44. The lowest BCUT2D eigenvalue weighted by Crippen LogP contribution is -2.37. The zero-order chi connectivity index (χ0) is 15.0. The molecule has 3 rings (SSSR count). The van der Waals surface area contributed by atoms with E-state index in [0.717, 1.165) is 5.69 Å². The lowest BCUT2D eigenvalue weighted by atomic mass is 10.2. The second-order valence-corrected chi connectivity index (χ2v) is 8.56. The number of anilines is 1. The van der Waals surface area contributed by atoms with Gasteiger partial charge in [-0.05, 0) is 12.1 Å². The van der Waals surface area contributed by atoms with Crippen molar-refractivity contribution in [2.24, 2.45) is 4.99 Å². The van der Waals surface area contributed by atoms with Crippen LogP contribution in [0.25, 0.3) is 0 Å². The van der Waals surface area contributed by atoms with Crippen molar-refractivity contribution in [1.29, 1.82) is 0 Å². The van der Waals surface area contributed by atoms with Crippen LogP contribution in [0, 0.1) is 0 Å². The van der Waals surface area contributed by atoms with Gasteiger partial charge in [0, 0.05) is 10.9 Å². The molecular weight excluding hydrogens is 332 g/mol. The number of hydrogen-bond donors (Lipinski definition) is 0. The summed E-state index contributed by atoms with van der Waals surface area (Å²) in [4.78, 5) is 17.4. The van der Waals surface area contributed by atoms with Crippen LogP contribution in [-0.4, -0.2) is 48.2 Å². The largest absolute Gasteiger partial charge is 0.316 e. The predicted octanol–water partition coefficient (Wildman–Crippen LogP) is 1.53. The molecule has 0 radical (unpaired) electrons.